The molecule has 0 fully saturated rings. The Bertz CT molecular complexity index is 1360. The second-order valence-electron chi connectivity index (χ2n) is 6.44. The summed E-state index contributed by atoms with van der Waals surface area (Å²) in [5, 5.41) is 21.9. The highest BCUT2D eigenvalue weighted by molar-refractivity contribution is 5.81. The number of hydrogen-bond donors (Lipinski definition) is 0. The molecule has 0 saturated carbocycles. The predicted octanol–water partition coefficient (Wildman–Crippen LogP) is 5.12. The van der Waals surface area contributed by atoms with Gasteiger partial charge in [0, 0.05) is 35.4 Å². The zero-order valence-electron chi connectivity index (χ0n) is 15.0. The van der Waals surface area contributed by atoms with Gasteiger partial charge in [-0.15, -0.1) is 0 Å². The van der Waals surface area contributed by atoms with Crippen LogP contribution in [0, 0.1) is 20.2 Å². The minimum Gasteiger partial charge on any atom is -0.436 e. The molecule has 0 aliphatic heterocycles. The van der Waals surface area contributed by atoms with E-state index in [1.807, 2.05) is 0 Å². The highest BCUT2D eigenvalue weighted by Gasteiger charge is 2.16. The normalized spacial score (nSPS) is 11.2. The molecule has 0 atom stereocenters. The molecule has 30 heavy (non-hydrogen) atoms. The number of nitro groups is 2. The molecular weight excluding hydrogens is 392 g/mol. The molecule has 0 radical (unpaired) electrons. The first-order chi connectivity index (χ1) is 14.5. The van der Waals surface area contributed by atoms with Crippen LogP contribution in [0.2, 0.25) is 0 Å². The SMILES string of the molecule is O=[N+]([O-])c1ccc2oc(-c3cccc(-c4nc5cc([N+](=O)[O-])ccc5o4)c3)nc2c1. The first-order valence-electron chi connectivity index (χ1n) is 8.69. The summed E-state index contributed by atoms with van der Waals surface area (Å²) in [5.41, 5.74) is 2.70. The third-order valence-electron chi connectivity index (χ3n) is 4.52. The summed E-state index contributed by atoms with van der Waals surface area (Å²) in [4.78, 5) is 29.6. The fraction of sp³-hybridized carbons (Fsp3) is 0. The van der Waals surface area contributed by atoms with Crippen LogP contribution >= 0.6 is 0 Å². The third-order valence-corrected chi connectivity index (χ3v) is 4.52. The maximum atomic E-state index is 10.9. The number of aromatic nitrogens is 2. The van der Waals surface area contributed by atoms with E-state index in [1.165, 1.54) is 36.4 Å². The van der Waals surface area contributed by atoms with Crippen LogP contribution in [0.3, 0.4) is 0 Å². The van der Waals surface area contributed by atoms with Gasteiger partial charge in [-0.05, 0) is 30.3 Å². The van der Waals surface area contributed by atoms with Crippen molar-refractivity contribution in [2.45, 2.75) is 0 Å². The van der Waals surface area contributed by atoms with Crippen LogP contribution in [0.25, 0.3) is 45.1 Å². The zero-order valence-corrected chi connectivity index (χ0v) is 15.0. The maximum absolute atomic E-state index is 10.9. The van der Waals surface area contributed by atoms with Crippen molar-refractivity contribution in [1.29, 1.82) is 0 Å². The van der Waals surface area contributed by atoms with Crippen molar-refractivity contribution in [2.24, 2.45) is 0 Å². The first kappa shape index (κ1) is 17.5. The van der Waals surface area contributed by atoms with E-state index in [0.717, 1.165) is 0 Å². The molecule has 2 heterocycles. The Labute approximate surface area is 166 Å². The highest BCUT2D eigenvalue weighted by atomic mass is 16.6. The summed E-state index contributed by atoms with van der Waals surface area (Å²) in [6.45, 7) is 0. The summed E-state index contributed by atoms with van der Waals surface area (Å²) in [7, 11) is 0. The van der Waals surface area contributed by atoms with Gasteiger partial charge < -0.3 is 8.83 Å². The average Bonchev–Trinajstić information content (AvgIpc) is 3.36. The number of oxazole rings is 2. The number of hydrogen-bond acceptors (Lipinski definition) is 8. The number of nitro benzene ring substituents is 2. The van der Waals surface area contributed by atoms with E-state index >= 15 is 0 Å². The van der Waals surface area contributed by atoms with E-state index in [9.17, 15) is 20.2 Å². The lowest BCUT2D eigenvalue weighted by molar-refractivity contribution is -0.384. The number of benzene rings is 3. The van der Waals surface area contributed by atoms with E-state index in [1.54, 1.807) is 24.3 Å². The molecule has 5 rings (SSSR count). The van der Waals surface area contributed by atoms with Gasteiger partial charge in [0.15, 0.2) is 11.2 Å². The van der Waals surface area contributed by atoms with Crippen molar-refractivity contribution in [3.05, 3.63) is 80.9 Å². The van der Waals surface area contributed by atoms with Crippen molar-refractivity contribution in [3.63, 3.8) is 0 Å². The van der Waals surface area contributed by atoms with Crippen molar-refractivity contribution >= 4 is 33.6 Å². The van der Waals surface area contributed by atoms with Crippen molar-refractivity contribution in [2.75, 3.05) is 0 Å². The molecule has 0 spiro atoms. The van der Waals surface area contributed by atoms with Crippen molar-refractivity contribution in [3.8, 4) is 22.9 Å². The van der Waals surface area contributed by atoms with Gasteiger partial charge in [0.1, 0.15) is 11.0 Å². The molecule has 2 aromatic heterocycles. The fourth-order valence-corrected chi connectivity index (χ4v) is 3.09. The van der Waals surface area contributed by atoms with Crippen LogP contribution in [0.5, 0.6) is 0 Å². The van der Waals surface area contributed by atoms with Crippen LogP contribution in [-0.2, 0) is 0 Å². The summed E-state index contributed by atoms with van der Waals surface area (Å²) in [5.74, 6) is 0.582. The lowest BCUT2D eigenvalue weighted by atomic mass is 10.1. The standard InChI is InChI=1S/C20H10N4O6/c25-23(26)13-4-6-17-15(9-13)21-19(29-17)11-2-1-3-12(8-11)20-22-16-10-14(24(27)28)5-7-18(16)30-20/h1-10H. The van der Waals surface area contributed by atoms with Gasteiger partial charge in [0.05, 0.1) is 9.85 Å². The molecule has 0 bridgehead atoms. The summed E-state index contributed by atoms with van der Waals surface area (Å²) in [6.07, 6.45) is 0. The smallest absolute Gasteiger partial charge is 0.271 e. The Morgan fingerprint density at radius 1 is 0.667 bits per heavy atom. The Morgan fingerprint density at radius 2 is 1.13 bits per heavy atom. The highest BCUT2D eigenvalue weighted by Crippen LogP contribution is 2.31. The molecule has 3 aromatic carbocycles. The van der Waals surface area contributed by atoms with Crippen LogP contribution in [0.4, 0.5) is 11.4 Å². The molecule has 0 saturated heterocycles. The van der Waals surface area contributed by atoms with Gasteiger partial charge in [0.2, 0.25) is 11.8 Å². The molecule has 0 N–H and O–H groups in total. The van der Waals surface area contributed by atoms with Gasteiger partial charge in [0.25, 0.3) is 11.4 Å². The molecule has 0 aliphatic carbocycles. The van der Waals surface area contributed by atoms with Gasteiger partial charge in [-0.3, -0.25) is 20.2 Å². The average molecular weight is 402 g/mol. The Morgan fingerprint density at radius 3 is 1.57 bits per heavy atom. The van der Waals surface area contributed by atoms with E-state index in [2.05, 4.69) is 9.97 Å². The second-order valence-corrected chi connectivity index (χ2v) is 6.44. The Hall–Kier alpha value is -4.60. The van der Waals surface area contributed by atoms with Gasteiger partial charge >= 0.3 is 0 Å². The zero-order chi connectivity index (χ0) is 20.8. The minimum absolute atomic E-state index is 0.0725. The van der Waals surface area contributed by atoms with Gasteiger partial charge in [-0.2, -0.15) is 0 Å². The maximum Gasteiger partial charge on any atom is 0.271 e. The molecule has 146 valence electrons. The minimum atomic E-state index is -0.494. The molecule has 10 heteroatoms. The number of fused-ring (bicyclic) bond motifs is 2. The molecule has 0 aliphatic rings. The van der Waals surface area contributed by atoms with Gasteiger partial charge in [-0.1, -0.05) is 6.07 Å². The second kappa shape index (κ2) is 6.48. The predicted molar refractivity (Wildman–Crippen MR) is 106 cm³/mol. The number of rotatable bonds is 4. The summed E-state index contributed by atoms with van der Waals surface area (Å²) >= 11 is 0. The number of non-ortho nitro benzene ring substituents is 2. The topological polar surface area (TPSA) is 138 Å². The molecule has 0 amide bonds. The molecular formula is C20H10N4O6. The first-order valence-corrected chi connectivity index (χ1v) is 8.69. The van der Waals surface area contributed by atoms with Gasteiger partial charge in [-0.25, -0.2) is 9.97 Å². The van der Waals surface area contributed by atoms with Crippen LogP contribution in [-0.4, -0.2) is 19.8 Å². The van der Waals surface area contributed by atoms with E-state index in [-0.39, 0.29) is 11.4 Å². The van der Waals surface area contributed by atoms with E-state index in [4.69, 9.17) is 8.83 Å². The van der Waals surface area contributed by atoms with E-state index < -0.39 is 9.85 Å². The Balaban J connectivity index is 1.55. The quantitative estimate of drug-likeness (QED) is 0.298. The lowest BCUT2D eigenvalue weighted by Crippen LogP contribution is -1.86. The van der Waals surface area contributed by atoms with E-state index in [0.29, 0.717) is 45.1 Å². The molecule has 5 aromatic rings. The summed E-state index contributed by atoms with van der Waals surface area (Å²) < 4.78 is 11.4. The number of nitrogens with zero attached hydrogens (tertiary/aromatic N) is 4. The molecule has 0 unspecified atom stereocenters. The van der Waals surface area contributed by atoms with Crippen LogP contribution in [0.1, 0.15) is 0 Å². The Kier molecular flexibility index (Phi) is 3.78. The van der Waals surface area contributed by atoms with Crippen molar-refractivity contribution < 1.29 is 18.7 Å². The monoisotopic (exact) mass is 402 g/mol. The van der Waals surface area contributed by atoms with Crippen LogP contribution < -0.4 is 0 Å². The fourth-order valence-electron chi connectivity index (χ4n) is 3.09. The summed E-state index contributed by atoms with van der Waals surface area (Å²) in [6, 6.07) is 15.5. The van der Waals surface area contributed by atoms with Crippen molar-refractivity contribution in [1.82, 2.24) is 9.97 Å². The third kappa shape index (κ3) is 2.92. The molecule has 10 nitrogen and oxygen atoms in total. The lowest BCUT2D eigenvalue weighted by Gasteiger charge is -1.98. The van der Waals surface area contributed by atoms with Crippen LogP contribution in [0.15, 0.2) is 69.5 Å². The largest absolute Gasteiger partial charge is 0.436 e.